The molecule has 0 atom stereocenters. The molecule has 0 spiro atoms. The molecule has 0 aliphatic carbocycles. The summed E-state index contributed by atoms with van der Waals surface area (Å²) in [6, 6.07) is 23.7. The minimum Gasteiger partial charge on any atom is -0.490 e. The van der Waals surface area contributed by atoms with Crippen LogP contribution in [0.4, 0.5) is 5.69 Å². The van der Waals surface area contributed by atoms with Crippen LogP contribution in [-0.4, -0.2) is 28.6 Å². The average molecular weight is 487 g/mol. The Balaban J connectivity index is 1.58. The molecular formula is C29H30N2O3S. The third-order valence-corrected chi connectivity index (χ3v) is 6.36. The van der Waals surface area contributed by atoms with Crippen LogP contribution in [-0.2, 0) is 11.4 Å². The minimum absolute atomic E-state index is 0.000234. The van der Waals surface area contributed by atoms with Gasteiger partial charge in [0.2, 0.25) is 0 Å². The van der Waals surface area contributed by atoms with Gasteiger partial charge in [-0.15, -0.1) is 0 Å². The molecule has 3 aromatic rings. The summed E-state index contributed by atoms with van der Waals surface area (Å²) in [5.74, 6) is 1.29. The number of aliphatic imine (C=N–C) groups is 1. The summed E-state index contributed by atoms with van der Waals surface area (Å²) in [7, 11) is 0. The number of ether oxygens (including phenoxy) is 2. The van der Waals surface area contributed by atoms with Crippen molar-refractivity contribution in [3.05, 3.63) is 94.4 Å². The summed E-state index contributed by atoms with van der Waals surface area (Å²) < 4.78 is 11.9. The molecule has 1 aliphatic heterocycles. The van der Waals surface area contributed by atoms with Crippen LogP contribution in [0.15, 0.2) is 82.7 Å². The molecule has 1 heterocycles. The van der Waals surface area contributed by atoms with Gasteiger partial charge in [0.25, 0.3) is 5.91 Å². The molecule has 5 nitrogen and oxygen atoms in total. The van der Waals surface area contributed by atoms with Crippen LogP contribution < -0.4 is 9.47 Å². The maximum atomic E-state index is 13.2. The number of amides is 1. The molecule has 0 saturated carbocycles. The van der Waals surface area contributed by atoms with E-state index >= 15 is 0 Å². The Labute approximate surface area is 211 Å². The first-order chi connectivity index (χ1) is 16.9. The van der Waals surface area contributed by atoms with E-state index in [0.717, 1.165) is 16.8 Å². The van der Waals surface area contributed by atoms with Gasteiger partial charge in [0.15, 0.2) is 16.7 Å². The topological polar surface area (TPSA) is 51.1 Å². The molecule has 180 valence electrons. The van der Waals surface area contributed by atoms with Crippen LogP contribution in [0.5, 0.6) is 11.5 Å². The van der Waals surface area contributed by atoms with Crippen LogP contribution in [0, 0.1) is 6.92 Å². The second-order valence-electron chi connectivity index (χ2n) is 8.53. The van der Waals surface area contributed by atoms with Crippen molar-refractivity contribution in [3.63, 3.8) is 0 Å². The van der Waals surface area contributed by atoms with E-state index in [1.54, 1.807) is 4.90 Å². The van der Waals surface area contributed by atoms with Gasteiger partial charge in [0.05, 0.1) is 17.2 Å². The number of rotatable bonds is 8. The molecule has 0 bridgehead atoms. The highest BCUT2D eigenvalue weighted by molar-refractivity contribution is 8.18. The predicted octanol–water partition coefficient (Wildman–Crippen LogP) is 6.99. The number of thioether (sulfide) groups is 1. The van der Waals surface area contributed by atoms with E-state index < -0.39 is 0 Å². The Morgan fingerprint density at radius 3 is 2.49 bits per heavy atom. The van der Waals surface area contributed by atoms with Crippen molar-refractivity contribution in [2.75, 3.05) is 6.61 Å². The van der Waals surface area contributed by atoms with E-state index in [-0.39, 0.29) is 11.9 Å². The minimum atomic E-state index is -0.0441. The molecule has 1 aliphatic rings. The number of amidine groups is 1. The normalized spacial score (nSPS) is 15.9. The van der Waals surface area contributed by atoms with Crippen molar-refractivity contribution in [2.24, 2.45) is 4.99 Å². The van der Waals surface area contributed by atoms with Gasteiger partial charge in [-0.2, -0.15) is 0 Å². The van der Waals surface area contributed by atoms with E-state index in [1.807, 2.05) is 87.5 Å². The molecule has 0 radical (unpaired) electrons. The average Bonchev–Trinajstić information content (AvgIpc) is 3.14. The first-order valence-electron chi connectivity index (χ1n) is 11.8. The lowest BCUT2D eigenvalue weighted by molar-refractivity contribution is -0.123. The van der Waals surface area contributed by atoms with E-state index in [9.17, 15) is 4.79 Å². The number of hydrogen-bond donors (Lipinski definition) is 0. The highest BCUT2D eigenvalue weighted by Crippen LogP contribution is 2.37. The van der Waals surface area contributed by atoms with Crippen LogP contribution in [0.2, 0.25) is 0 Å². The van der Waals surface area contributed by atoms with Crippen LogP contribution in [0.1, 0.15) is 37.5 Å². The fourth-order valence-electron chi connectivity index (χ4n) is 3.75. The van der Waals surface area contributed by atoms with Gasteiger partial charge < -0.3 is 9.47 Å². The highest BCUT2D eigenvalue weighted by atomic mass is 32.2. The summed E-state index contributed by atoms with van der Waals surface area (Å²) in [4.78, 5) is 20.3. The Morgan fingerprint density at radius 1 is 0.971 bits per heavy atom. The quantitative estimate of drug-likeness (QED) is 0.322. The fourth-order valence-corrected chi connectivity index (χ4v) is 4.87. The summed E-state index contributed by atoms with van der Waals surface area (Å²) in [5.41, 5.74) is 3.99. The Kier molecular flexibility index (Phi) is 7.93. The van der Waals surface area contributed by atoms with Crippen LogP contribution >= 0.6 is 11.8 Å². The van der Waals surface area contributed by atoms with Gasteiger partial charge in [0.1, 0.15) is 6.61 Å². The molecule has 1 amide bonds. The van der Waals surface area contributed by atoms with Crippen molar-refractivity contribution in [2.45, 2.75) is 40.3 Å². The molecule has 4 rings (SSSR count). The second-order valence-corrected chi connectivity index (χ2v) is 9.54. The lowest BCUT2D eigenvalue weighted by Crippen LogP contribution is -2.35. The maximum Gasteiger partial charge on any atom is 0.266 e. The van der Waals surface area contributed by atoms with Crippen molar-refractivity contribution >= 4 is 34.6 Å². The Bertz CT molecular complexity index is 1250. The number of aryl methyl sites for hydroxylation is 1. The summed E-state index contributed by atoms with van der Waals surface area (Å²) in [5, 5.41) is 0.686. The SMILES string of the molecule is CCOc1cc(/C=C2/SC(=Nc3ccccc3)N(C(C)C)C2=O)ccc1OCc1cccc(C)c1. The number of para-hydroxylation sites is 1. The monoisotopic (exact) mass is 486 g/mol. The first-order valence-corrected chi connectivity index (χ1v) is 12.6. The van der Waals surface area contributed by atoms with Crippen molar-refractivity contribution in [3.8, 4) is 11.5 Å². The molecule has 3 aromatic carbocycles. The largest absolute Gasteiger partial charge is 0.490 e. The maximum absolute atomic E-state index is 13.2. The molecule has 1 fully saturated rings. The zero-order valence-corrected chi connectivity index (χ0v) is 21.3. The third kappa shape index (κ3) is 6.14. The number of carbonyl (C=O) groups is 1. The number of benzene rings is 3. The standard InChI is InChI=1S/C29H30N2O3S/c1-5-33-26-17-22(14-15-25(26)34-19-23-11-9-10-21(4)16-23)18-27-28(32)31(20(2)3)29(35-27)30-24-12-7-6-8-13-24/h6-18,20H,5,19H2,1-4H3/b27-18+,30-29?. The van der Waals surface area contributed by atoms with E-state index in [2.05, 4.69) is 19.1 Å². The van der Waals surface area contributed by atoms with E-state index in [4.69, 9.17) is 14.5 Å². The molecule has 35 heavy (non-hydrogen) atoms. The third-order valence-electron chi connectivity index (χ3n) is 5.38. The Hall–Kier alpha value is -3.51. The first kappa shape index (κ1) is 24.6. The van der Waals surface area contributed by atoms with Gasteiger partial charge in [-0.3, -0.25) is 9.69 Å². The smallest absolute Gasteiger partial charge is 0.266 e. The van der Waals surface area contributed by atoms with Gasteiger partial charge >= 0.3 is 0 Å². The fraction of sp³-hybridized carbons (Fsp3) is 0.241. The summed E-state index contributed by atoms with van der Waals surface area (Å²) >= 11 is 1.39. The van der Waals surface area contributed by atoms with Gasteiger partial charge in [-0.05, 0) is 80.9 Å². The van der Waals surface area contributed by atoms with Crippen LogP contribution in [0.25, 0.3) is 6.08 Å². The van der Waals surface area contributed by atoms with Gasteiger partial charge in [-0.25, -0.2) is 4.99 Å². The van der Waals surface area contributed by atoms with Crippen LogP contribution in [0.3, 0.4) is 0 Å². The van der Waals surface area contributed by atoms with E-state index in [1.165, 1.54) is 17.3 Å². The van der Waals surface area contributed by atoms with Gasteiger partial charge in [-0.1, -0.05) is 54.1 Å². The number of nitrogens with zero attached hydrogens (tertiary/aromatic N) is 2. The van der Waals surface area contributed by atoms with Crippen molar-refractivity contribution < 1.29 is 14.3 Å². The van der Waals surface area contributed by atoms with E-state index in [0.29, 0.717) is 34.8 Å². The molecule has 0 aromatic heterocycles. The number of hydrogen-bond acceptors (Lipinski definition) is 5. The summed E-state index contributed by atoms with van der Waals surface area (Å²) in [6.07, 6.45) is 1.89. The lowest BCUT2D eigenvalue weighted by Gasteiger charge is -2.19. The lowest BCUT2D eigenvalue weighted by atomic mass is 10.1. The zero-order valence-electron chi connectivity index (χ0n) is 20.5. The Morgan fingerprint density at radius 2 is 1.77 bits per heavy atom. The molecule has 1 saturated heterocycles. The number of carbonyl (C=O) groups excluding carboxylic acids is 1. The van der Waals surface area contributed by atoms with Crippen molar-refractivity contribution in [1.29, 1.82) is 0 Å². The van der Waals surface area contributed by atoms with Crippen molar-refractivity contribution in [1.82, 2.24) is 4.90 Å². The highest BCUT2D eigenvalue weighted by Gasteiger charge is 2.35. The second kappa shape index (κ2) is 11.3. The zero-order chi connectivity index (χ0) is 24.8. The molecule has 0 N–H and O–H groups in total. The predicted molar refractivity (Wildman–Crippen MR) is 144 cm³/mol. The summed E-state index contributed by atoms with van der Waals surface area (Å²) in [6.45, 7) is 8.97. The molecular weight excluding hydrogens is 456 g/mol. The van der Waals surface area contributed by atoms with Gasteiger partial charge in [0, 0.05) is 6.04 Å². The molecule has 6 heteroatoms. The molecule has 0 unspecified atom stereocenters.